The van der Waals surface area contributed by atoms with E-state index in [0.29, 0.717) is 31.0 Å². The molecule has 1 aliphatic rings. The van der Waals surface area contributed by atoms with Gasteiger partial charge in [0.1, 0.15) is 0 Å². The van der Waals surface area contributed by atoms with E-state index in [2.05, 4.69) is 5.32 Å². The maximum Gasteiger partial charge on any atom is 0.251 e. The van der Waals surface area contributed by atoms with Crippen molar-refractivity contribution in [2.24, 2.45) is 0 Å². The van der Waals surface area contributed by atoms with E-state index < -0.39 is 0 Å². The number of halogens is 1. The molecule has 0 aromatic heterocycles. The first-order valence-corrected chi connectivity index (χ1v) is 7.09. The molecule has 6 heteroatoms. The van der Waals surface area contributed by atoms with Gasteiger partial charge in [-0.3, -0.25) is 4.79 Å². The first-order chi connectivity index (χ1) is 9.75. The summed E-state index contributed by atoms with van der Waals surface area (Å²) in [6.07, 6.45) is 3.27. The van der Waals surface area contributed by atoms with Gasteiger partial charge in [-0.25, -0.2) is 0 Å². The number of amides is 1. The second-order valence-electron chi connectivity index (χ2n) is 4.94. The standard InChI is InChI=1S/C15H22N2O3.ClH/c16-13-5-1-4-12(10-13)15(18)17-7-3-8-19-11-14-6-2-9-20-14;/h1,4-5,10,14H,2-3,6-9,11,16H2,(H,17,18);1H. The van der Waals surface area contributed by atoms with Crippen LogP contribution in [0.15, 0.2) is 24.3 Å². The third-order valence-corrected chi connectivity index (χ3v) is 3.23. The number of carbonyl (C=O) groups excluding carboxylic acids is 1. The third kappa shape index (κ3) is 6.33. The highest BCUT2D eigenvalue weighted by Gasteiger charge is 2.14. The van der Waals surface area contributed by atoms with Crippen LogP contribution in [0.3, 0.4) is 0 Å². The largest absolute Gasteiger partial charge is 0.399 e. The maximum atomic E-state index is 11.8. The molecule has 1 aromatic carbocycles. The Kier molecular flexibility index (Phi) is 8.12. The van der Waals surface area contributed by atoms with Crippen LogP contribution in [0.5, 0.6) is 0 Å². The molecule has 5 nitrogen and oxygen atoms in total. The summed E-state index contributed by atoms with van der Waals surface area (Å²) < 4.78 is 11.0. The maximum absolute atomic E-state index is 11.8. The normalized spacial score (nSPS) is 17.2. The number of nitrogens with two attached hydrogens (primary N) is 1. The summed E-state index contributed by atoms with van der Waals surface area (Å²) in [5.41, 5.74) is 6.82. The van der Waals surface area contributed by atoms with Gasteiger partial charge in [-0.15, -0.1) is 12.4 Å². The van der Waals surface area contributed by atoms with Crippen LogP contribution in [0.2, 0.25) is 0 Å². The van der Waals surface area contributed by atoms with Crippen molar-refractivity contribution in [3.8, 4) is 0 Å². The van der Waals surface area contributed by atoms with Gasteiger partial charge in [-0.05, 0) is 37.5 Å². The zero-order valence-electron chi connectivity index (χ0n) is 12.0. The summed E-state index contributed by atoms with van der Waals surface area (Å²) in [4.78, 5) is 11.8. The first kappa shape index (κ1) is 17.8. The lowest BCUT2D eigenvalue weighted by Crippen LogP contribution is -2.25. The fraction of sp³-hybridized carbons (Fsp3) is 0.533. The van der Waals surface area contributed by atoms with Crippen LogP contribution in [0.1, 0.15) is 29.6 Å². The Hall–Kier alpha value is -1.30. The van der Waals surface area contributed by atoms with Crippen LogP contribution in [0.25, 0.3) is 0 Å². The molecule has 1 atom stereocenters. The van der Waals surface area contributed by atoms with Crippen LogP contribution in [0.4, 0.5) is 5.69 Å². The Bertz CT molecular complexity index is 437. The summed E-state index contributed by atoms with van der Waals surface area (Å²) in [6.45, 7) is 2.74. The fourth-order valence-corrected chi connectivity index (χ4v) is 2.15. The van der Waals surface area contributed by atoms with Crippen molar-refractivity contribution in [3.05, 3.63) is 29.8 Å². The number of rotatable bonds is 7. The molecule has 21 heavy (non-hydrogen) atoms. The number of carbonyl (C=O) groups is 1. The zero-order chi connectivity index (χ0) is 14.2. The van der Waals surface area contributed by atoms with Crippen molar-refractivity contribution in [3.63, 3.8) is 0 Å². The van der Waals surface area contributed by atoms with Gasteiger partial charge in [0.25, 0.3) is 5.91 Å². The second kappa shape index (κ2) is 9.60. The lowest BCUT2D eigenvalue weighted by atomic mass is 10.2. The van der Waals surface area contributed by atoms with Crippen molar-refractivity contribution in [2.75, 3.05) is 32.1 Å². The van der Waals surface area contributed by atoms with Gasteiger partial charge in [0.05, 0.1) is 12.7 Å². The monoisotopic (exact) mass is 314 g/mol. The van der Waals surface area contributed by atoms with Crippen LogP contribution >= 0.6 is 12.4 Å². The molecule has 0 bridgehead atoms. The summed E-state index contributed by atoms with van der Waals surface area (Å²) >= 11 is 0. The summed E-state index contributed by atoms with van der Waals surface area (Å²) in [5, 5.41) is 2.85. The van der Waals surface area contributed by atoms with Crippen LogP contribution < -0.4 is 11.1 Å². The van der Waals surface area contributed by atoms with Crippen LogP contribution in [-0.4, -0.2) is 38.4 Å². The molecule has 0 radical (unpaired) electrons. The quantitative estimate of drug-likeness (QED) is 0.596. The number of hydrogen-bond acceptors (Lipinski definition) is 4. The fourth-order valence-electron chi connectivity index (χ4n) is 2.15. The van der Waals surface area contributed by atoms with E-state index in [4.69, 9.17) is 15.2 Å². The highest BCUT2D eigenvalue weighted by Crippen LogP contribution is 2.11. The molecule has 1 unspecified atom stereocenters. The average molecular weight is 315 g/mol. The Balaban J connectivity index is 0.00000220. The van der Waals surface area contributed by atoms with Crippen molar-refractivity contribution in [1.29, 1.82) is 0 Å². The molecular formula is C15H23ClN2O3. The molecule has 3 N–H and O–H groups in total. The Morgan fingerprint density at radius 3 is 3.05 bits per heavy atom. The predicted octanol–water partition coefficient (Wildman–Crippen LogP) is 2.01. The summed E-state index contributed by atoms with van der Waals surface area (Å²) in [7, 11) is 0. The summed E-state index contributed by atoms with van der Waals surface area (Å²) in [5.74, 6) is -0.101. The molecule has 1 heterocycles. The van der Waals surface area contributed by atoms with Gasteiger partial charge >= 0.3 is 0 Å². The zero-order valence-corrected chi connectivity index (χ0v) is 12.9. The molecule has 2 rings (SSSR count). The molecule has 0 saturated carbocycles. The number of nitrogen functional groups attached to an aromatic ring is 1. The lowest BCUT2D eigenvalue weighted by molar-refractivity contribution is 0.0166. The molecule has 1 fully saturated rings. The first-order valence-electron chi connectivity index (χ1n) is 7.09. The average Bonchev–Trinajstić information content (AvgIpc) is 2.95. The number of hydrogen-bond donors (Lipinski definition) is 2. The number of anilines is 1. The number of benzene rings is 1. The Morgan fingerprint density at radius 1 is 1.48 bits per heavy atom. The van der Waals surface area contributed by atoms with E-state index in [9.17, 15) is 4.79 Å². The molecule has 1 aromatic rings. The van der Waals surface area contributed by atoms with E-state index in [1.807, 2.05) is 0 Å². The van der Waals surface area contributed by atoms with Gasteiger partial charge in [-0.2, -0.15) is 0 Å². The van der Waals surface area contributed by atoms with Crippen molar-refractivity contribution in [1.82, 2.24) is 5.32 Å². The van der Waals surface area contributed by atoms with Crippen molar-refractivity contribution < 1.29 is 14.3 Å². The van der Waals surface area contributed by atoms with E-state index in [1.54, 1.807) is 24.3 Å². The molecule has 0 spiro atoms. The van der Waals surface area contributed by atoms with E-state index in [0.717, 1.165) is 25.9 Å². The minimum atomic E-state index is -0.101. The SMILES string of the molecule is Cl.Nc1cccc(C(=O)NCCCOCC2CCCO2)c1. The van der Waals surface area contributed by atoms with E-state index >= 15 is 0 Å². The van der Waals surface area contributed by atoms with E-state index in [-0.39, 0.29) is 24.4 Å². The van der Waals surface area contributed by atoms with Gasteiger partial charge in [-0.1, -0.05) is 6.07 Å². The van der Waals surface area contributed by atoms with Crippen LogP contribution in [0, 0.1) is 0 Å². The second-order valence-corrected chi connectivity index (χ2v) is 4.94. The van der Waals surface area contributed by atoms with Gasteiger partial charge in [0, 0.05) is 31.0 Å². The van der Waals surface area contributed by atoms with Gasteiger partial charge in [0.15, 0.2) is 0 Å². The van der Waals surface area contributed by atoms with Gasteiger partial charge in [0.2, 0.25) is 0 Å². The highest BCUT2D eigenvalue weighted by molar-refractivity contribution is 5.94. The lowest BCUT2D eigenvalue weighted by Gasteiger charge is -2.10. The molecule has 0 aliphatic carbocycles. The molecular weight excluding hydrogens is 292 g/mol. The Labute approximate surface area is 131 Å². The third-order valence-electron chi connectivity index (χ3n) is 3.23. The van der Waals surface area contributed by atoms with Gasteiger partial charge < -0.3 is 20.5 Å². The highest BCUT2D eigenvalue weighted by atomic mass is 35.5. The minimum absolute atomic E-state index is 0. The van der Waals surface area contributed by atoms with Crippen molar-refractivity contribution in [2.45, 2.75) is 25.4 Å². The minimum Gasteiger partial charge on any atom is -0.399 e. The molecule has 1 amide bonds. The Morgan fingerprint density at radius 2 is 2.33 bits per heavy atom. The van der Waals surface area contributed by atoms with Crippen molar-refractivity contribution >= 4 is 24.0 Å². The topological polar surface area (TPSA) is 73.6 Å². The molecule has 1 aliphatic heterocycles. The molecule has 118 valence electrons. The number of ether oxygens (including phenoxy) is 2. The summed E-state index contributed by atoms with van der Waals surface area (Å²) in [6, 6.07) is 6.95. The predicted molar refractivity (Wildman–Crippen MR) is 84.8 cm³/mol. The van der Waals surface area contributed by atoms with Crippen LogP contribution in [-0.2, 0) is 9.47 Å². The smallest absolute Gasteiger partial charge is 0.251 e. The number of nitrogens with one attached hydrogen (secondary N) is 1. The molecule has 1 saturated heterocycles. The van der Waals surface area contributed by atoms with E-state index in [1.165, 1.54) is 0 Å².